The van der Waals surface area contributed by atoms with Crippen molar-refractivity contribution in [1.29, 1.82) is 0 Å². The van der Waals surface area contributed by atoms with Gasteiger partial charge in [-0.05, 0) is 25.7 Å². The third-order valence-electron chi connectivity index (χ3n) is 2.93. The lowest BCUT2D eigenvalue weighted by Gasteiger charge is -2.20. The number of nitrogens with zero attached hydrogens (tertiary/aromatic N) is 1. The number of nitrogens with one attached hydrogen (secondary N) is 1. The van der Waals surface area contributed by atoms with E-state index in [2.05, 4.69) is 9.46 Å². The Morgan fingerprint density at radius 3 is 2.59 bits per heavy atom. The standard InChI is InChI=1S/C10H20N2O4S/c1-8(9-4-5-9)11-17(14,15)12(2)7-6-10(13)16-3/h8-9,11H,4-7H2,1-3H3. The second-order valence-electron chi connectivity index (χ2n) is 4.40. The van der Waals surface area contributed by atoms with E-state index in [1.54, 1.807) is 0 Å². The summed E-state index contributed by atoms with van der Waals surface area (Å²) in [4.78, 5) is 10.9. The smallest absolute Gasteiger partial charge is 0.306 e. The quantitative estimate of drug-likeness (QED) is 0.662. The minimum Gasteiger partial charge on any atom is -0.469 e. The molecule has 1 saturated carbocycles. The van der Waals surface area contributed by atoms with Crippen LogP contribution in [-0.2, 0) is 19.7 Å². The third kappa shape index (κ3) is 4.61. The van der Waals surface area contributed by atoms with Crippen LogP contribution in [0.15, 0.2) is 0 Å². The fraction of sp³-hybridized carbons (Fsp3) is 0.900. The van der Waals surface area contributed by atoms with E-state index in [1.165, 1.54) is 14.2 Å². The lowest BCUT2D eigenvalue weighted by atomic mass is 10.2. The summed E-state index contributed by atoms with van der Waals surface area (Å²) < 4.78 is 31.9. The van der Waals surface area contributed by atoms with Crippen LogP contribution in [0.2, 0.25) is 0 Å². The molecule has 1 rings (SSSR count). The SMILES string of the molecule is COC(=O)CCN(C)S(=O)(=O)NC(C)C1CC1. The van der Waals surface area contributed by atoms with E-state index < -0.39 is 16.2 Å². The minimum atomic E-state index is -3.49. The molecule has 0 radical (unpaired) electrons. The normalized spacial score (nSPS) is 18.1. The zero-order chi connectivity index (χ0) is 13.1. The molecule has 6 nitrogen and oxygen atoms in total. The number of rotatable bonds is 7. The van der Waals surface area contributed by atoms with Crippen LogP contribution in [0.4, 0.5) is 0 Å². The van der Waals surface area contributed by atoms with E-state index in [0.29, 0.717) is 5.92 Å². The highest BCUT2D eigenvalue weighted by molar-refractivity contribution is 7.87. The number of carbonyl (C=O) groups is 1. The first-order valence-electron chi connectivity index (χ1n) is 5.67. The van der Waals surface area contributed by atoms with Gasteiger partial charge in [-0.15, -0.1) is 0 Å². The number of esters is 1. The van der Waals surface area contributed by atoms with Crippen LogP contribution >= 0.6 is 0 Å². The summed E-state index contributed by atoms with van der Waals surface area (Å²) in [5, 5.41) is 0. The van der Waals surface area contributed by atoms with Gasteiger partial charge in [0.2, 0.25) is 0 Å². The van der Waals surface area contributed by atoms with Gasteiger partial charge >= 0.3 is 5.97 Å². The maximum Gasteiger partial charge on any atom is 0.306 e. The summed E-state index contributed by atoms with van der Waals surface area (Å²) in [6.07, 6.45) is 2.22. The highest BCUT2D eigenvalue weighted by Gasteiger charge is 2.31. The molecule has 0 aromatic heterocycles. The average Bonchev–Trinajstić information content (AvgIpc) is 3.08. The fourth-order valence-electron chi connectivity index (χ4n) is 1.49. The molecule has 1 unspecified atom stereocenters. The van der Waals surface area contributed by atoms with Crippen LogP contribution in [-0.4, -0.2) is 45.4 Å². The molecule has 1 atom stereocenters. The van der Waals surface area contributed by atoms with Crippen molar-refractivity contribution in [2.45, 2.75) is 32.2 Å². The van der Waals surface area contributed by atoms with E-state index in [4.69, 9.17) is 0 Å². The zero-order valence-corrected chi connectivity index (χ0v) is 11.3. The van der Waals surface area contributed by atoms with Crippen molar-refractivity contribution in [3.63, 3.8) is 0 Å². The molecule has 7 heteroatoms. The van der Waals surface area contributed by atoms with Crippen molar-refractivity contribution >= 4 is 16.2 Å². The van der Waals surface area contributed by atoms with Crippen molar-refractivity contribution in [3.8, 4) is 0 Å². The monoisotopic (exact) mass is 264 g/mol. The van der Waals surface area contributed by atoms with E-state index in [-0.39, 0.29) is 19.0 Å². The number of hydrogen-bond donors (Lipinski definition) is 1. The predicted octanol–water partition coefficient (Wildman–Crippen LogP) is 0.114. The van der Waals surface area contributed by atoms with Crippen molar-refractivity contribution < 1.29 is 17.9 Å². The molecule has 0 aromatic carbocycles. The van der Waals surface area contributed by atoms with Crippen LogP contribution < -0.4 is 4.72 Å². The maximum absolute atomic E-state index is 11.8. The molecule has 0 bridgehead atoms. The topological polar surface area (TPSA) is 75.7 Å². The van der Waals surface area contributed by atoms with Crippen LogP contribution in [0.1, 0.15) is 26.2 Å². The van der Waals surface area contributed by atoms with Crippen LogP contribution in [0.3, 0.4) is 0 Å². The van der Waals surface area contributed by atoms with Gasteiger partial charge in [0, 0.05) is 19.6 Å². The zero-order valence-electron chi connectivity index (χ0n) is 10.5. The molecule has 1 N–H and O–H groups in total. The van der Waals surface area contributed by atoms with Crippen LogP contribution in [0.5, 0.6) is 0 Å². The van der Waals surface area contributed by atoms with E-state index in [9.17, 15) is 13.2 Å². The molecule has 1 aliphatic carbocycles. The molecule has 1 fully saturated rings. The Morgan fingerprint density at radius 2 is 2.12 bits per heavy atom. The second-order valence-corrected chi connectivity index (χ2v) is 6.21. The lowest BCUT2D eigenvalue weighted by molar-refractivity contribution is -0.140. The molecule has 0 saturated heterocycles. The molecule has 100 valence electrons. The van der Waals surface area contributed by atoms with E-state index >= 15 is 0 Å². The van der Waals surface area contributed by atoms with Gasteiger partial charge < -0.3 is 4.74 Å². The van der Waals surface area contributed by atoms with Crippen molar-refractivity contribution in [2.24, 2.45) is 5.92 Å². The molecule has 0 heterocycles. The Morgan fingerprint density at radius 1 is 1.53 bits per heavy atom. The van der Waals surface area contributed by atoms with Gasteiger partial charge in [-0.25, -0.2) is 0 Å². The molecule has 1 aliphatic rings. The van der Waals surface area contributed by atoms with Gasteiger partial charge in [-0.2, -0.15) is 17.4 Å². The Balaban J connectivity index is 2.42. The summed E-state index contributed by atoms with van der Waals surface area (Å²) in [6, 6.07) is -0.0411. The first-order chi connectivity index (χ1) is 7.86. The van der Waals surface area contributed by atoms with Gasteiger partial charge in [0.25, 0.3) is 10.2 Å². The molecular weight excluding hydrogens is 244 g/mol. The summed E-state index contributed by atoms with van der Waals surface area (Å²) in [5.41, 5.74) is 0. The van der Waals surface area contributed by atoms with Gasteiger partial charge in [0.05, 0.1) is 13.5 Å². The first-order valence-corrected chi connectivity index (χ1v) is 7.11. The Labute approximate surface area is 102 Å². The average molecular weight is 264 g/mol. The van der Waals surface area contributed by atoms with Crippen molar-refractivity contribution in [2.75, 3.05) is 20.7 Å². The van der Waals surface area contributed by atoms with Crippen molar-refractivity contribution in [1.82, 2.24) is 9.03 Å². The van der Waals surface area contributed by atoms with Crippen LogP contribution in [0.25, 0.3) is 0 Å². The molecule has 0 aliphatic heterocycles. The third-order valence-corrected chi connectivity index (χ3v) is 4.61. The molecule has 0 aromatic rings. The Bertz CT molecular complexity index is 365. The Hall–Kier alpha value is -0.660. The summed E-state index contributed by atoms with van der Waals surface area (Å²) in [5.74, 6) is 0.0427. The summed E-state index contributed by atoms with van der Waals surface area (Å²) in [7, 11) is -0.762. The summed E-state index contributed by atoms with van der Waals surface area (Å²) in [6.45, 7) is 1.99. The molecule has 0 spiro atoms. The molecular formula is C10H20N2O4S. The van der Waals surface area contributed by atoms with E-state index in [1.807, 2.05) is 6.92 Å². The summed E-state index contributed by atoms with van der Waals surface area (Å²) >= 11 is 0. The van der Waals surface area contributed by atoms with Gasteiger partial charge in [-0.3, -0.25) is 4.79 Å². The lowest BCUT2D eigenvalue weighted by Crippen LogP contribution is -2.44. The van der Waals surface area contributed by atoms with E-state index in [0.717, 1.165) is 17.1 Å². The molecule has 0 amide bonds. The fourth-order valence-corrected chi connectivity index (χ4v) is 2.66. The largest absolute Gasteiger partial charge is 0.469 e. The number of methoxy groups -OCH3 is 1. The maximum atomic E-state index is 11.8. The van der Waals surface area contributed by atoms with Crippen LogP contribution in [0, 0.1) is 5.92 Å². The Kier molecular flexibility index (Phi) is 4.91. The van der Waals surface area contributed by atoms with Gasteiger partial charge in [0.15, 0.2) is 0 Å². The number of hydrogen-bond acceptors (Lipinski definition) is 4. The van der Waals surface area contributed by atoms with Gasteiger partial charge in [-0.1, -0.05) is 0 Å². The van der Waals surface area contributed by atoms with Crippen molar-refractivity contribution in [3.05, 3.63) is 0 Å². The number of carbonyl (C=O) groups excluding carboxylic acids is 1. The highest BCUT2D eigenvalue weighted by atomic mass is 32.2. The second kappa shape index (κ2) is 5.79. The first kappa shape index (κ1) is 14.4. The minimum absolute atomic E-state index is 0.0411. The molecule has 17 heavy (non-hydrogen) atoms. The highest BCUT2D eigenvalue weighted by Crippen LogP contribution is 2.32. The van der Waals surface area contributed by atoms with Gasteiger partial charge in [0.1, 0.15) is 0 Å². The number of ether oxygens (including phenoxy) is 1. The predicted molar refractivity (Wildman–Crippen MR) is 63.5 cm³/mol.